The Hall–Kier alpha value is -0.730. The molecule has 1 saturated carbocycles. The first-order valence-corrected chi connectivity index (χ1v) is 6.19. The van der Waals surface area contributed by atoms with Crippen LogP contribution in [0.1, 0.15) is 44.7 Å². The molecule has 2 N–H and O–H groups in total. The molecule has 0 bridgehead atoms. The van der Waals surface area contributed by atoms with Gasteiger partial charge < -0.3 is 10.5 Å². The van der Waals surface area contributed by atoms with Crippen LogP contribution in [0, 0.1) is 5.92 Å². The lowest BCUT2D eigenvalue weighted by atomic mass is 9.77. The monoisotopic (exact) mass is 255 g/mol. The molecular formula is C14H22ClNO. The number of halogens is 1. The first-order chi connectivity index (χ1) is 7.68. The van der Waals surface area contributed by atoms with E-state index in [0.29, 0.717) is 5.92 Å². The molecule has 0 aliphatic heterocycles. The van der Waals surface area contributed by atoms with Crippen LogP contribution in [0.4, 0.5) is 0 Å². The quantitative estimate of drug-likeness (QED) is 0.891. The number of nitrogens with two attached hydrogens (primary N) is 1. The first-order valence-electron chi connectivity index (χ1n) is 6.19. The second kappa shape index (κ2) is 6.27. The molecule has 1 aliphatic rings. The highest BCUT2D eigenvalue weighted by Crippen LogP contribution is 2.39. The van der Waals surface area contributed by atoms with E-state index in [0.717, 1.165) is 5.75 Å². The third-order valence-electron chi connectivity index (χ3n) is 3.30. The number of benzene rings is 1. The van der Waals surface area contributed by atoms with E-state index in [1.807, 2.05) is 32.0 Å². The van der Waals surface area contributed by atoms with Crippen molar-refractivity contribution in [2.24, 2.45) is 11.7 Å². The Balaban J connectivity index is 0.00000144. The zero-order valence-corrected chi connectivity index (χ0v) is 11.4. The number of para-hydroxylation sites is 1. The van der Waals surface area contributed by atoms with Crippen LogP contribution in [0.2, 0.25) is 0 Å². The number of ether oxygens (including phenoxy) is 1. The average Bonchev–Trinajstić information content (AvgIpc) is 2.14. The van der Waals surface area contributed by atoms with Gasteiger partial charge in [-0.1, -0.05) is 24.6 Å². The molecule has 1 aliphatic carbocycles. The van der Waals surface area contributed by atoms with Crippen LogP contribution >= 0.6 is 12.4 Å². The third kappa shape index (κ3) is 3.36. The van der Waals surface area contributed by atoms with Gasteiger partial charge in [0.2, 0.25) is 0 Å². The van der Waals surface area contributed by atoms with Crippen molar-refractivity contribution in [3.05, 3.63) is 29.8 Å². The van der Waals surface area contributed by atoms with Crippen LogP contribution < -0.4 is 10.5 Å². The van der Waals surface area contributed by atoms with Crippen molar-refractivity contribution in [3.8, 4) is 5.75 Å². The van der Waals surface area contributed by atoms with Gasteiger partial charge in [0.1, 0.15) is 5.75 Å². The standard InChI is InChI=1S/C14H21NO.ClH/c1-10(2)16-13-9-4-3-8-12(13)14(15)11-6-5-7-11;/h3-4,8-11,14H,5-7,15H2,1-2H3;1H/t14-;/m0./s1. The van der Waals surface area contributed by atoms with Crippen molar-refractivity contribution in [3.63, 3.8) is 0 Å². The fraction of sp³-hybridized carbons (Fsp3) is 0.571. The summed E-state index contributed by atoms with van der Waals surface area (Å²) < 4.78 is 5.81. The Morgan fingerprint density at radius 2 is 1.88 bits per heavy atom. The summed E-state index contributed by atoms with van der Waals surface area (Å²) in [5.74, 6) is 1.61. The van der Waals surface area contributed by atoms with Crippen LogP contribution in [-0.2, 0) is 0 Å². The van der Waals surface area contributed by atoms with Crippen molar-refractivity contribution >= 4 is 12.4 Å². The van der Waals surface area contributed by atoms with Gasteiger partial charge in [0.05, 0.1) is 6.10 Å². The molecule has 0 aromatic heterocycles. The maximum Gasteiger partial charge on any atom is 0.124 e. The molecule has 2 rings (SSSR count). The third-order valence-corrected chi connectivity index (χ3v) is 3.30. The summed E-state index contributed by atoms with van der Waals surface area (Å²) in [5.41, 5.74) is 7.46. The summed E-state index contributed by atoms with van der Waals surface area (Å²) in [6, 6.07) is 8.31. The van der Waals surface area contributed by atoms with E-state index in [1.165, 1.54) is 24.8 Å². The Morgan fingerprint density at radius 3 is 2.41 bits per heavy atom. The van der Waals surface area contributed by atoms with E-state index in [1.54, 1.807) is 0 Å². The van der Waals surface area contributed by atoms with Gasteiger partial charge in [-0.2, -0.15) is 0 Å². The molecule has 0 heterocycles. The van der Waals surface area contributed by atoms with Gasteiger partial charge in [0.25, 0.3) is 0 Å². The molecule has 1 aromatic rings. The Kier molecular flexibility index (Phi) is 5.29. The lowest BCUT2D eigenvalue weighted by Gasteiger charge is -2.32. The van der Waals surface area contributed by atoms with Crippen molar-refractivity contribution < 1.29 is 4.74 Å². The first kappa shape index (κ1) is 14.3. The molecular weight excluding hydrogens is 234 g/mol. The van der Waals surface area contributed by atoms with E-state index in [-0.39, 0.29) is 24.6 Å². The molecule has 0 saturated heterocycles. The highest BCUT2D eigenvalue weighted by Gasteiger charge is 2.27. The predicted molar refractivity (Wildman–Crippen MR) is 73.7 cm³/mol. The van der Waals surface area contributed by atoms with Crippen molar-refractivity contribution in [2.45, 2.75) is 45.3 Å². The second-order valence-electron chi connectivity index (χ2n) is 4.92. The molecule has 1 atom stereocenters. The topological polar surface area (TPSA) is 35.2 Å². The number of hydrogen-bond donors (Lipinski definition) is 1. The molecule has 1 fully saturated rings. The zero-order chi connectivity index (χ0) is 11.5. The van der Waals surface area contributed by atoms with Crippen LogP contribution in [-0.4, -0.2) is 6.10 Å². The molecule has 1 aromatic carbocycles. The lowest BCUT2D eigenvalue weighted by Crippen LogP contribution is -2.27. The van der Waals surface area contributed by atoms with Crippen LogP contribution in [0.5, 0.6) is 5.75 Å². The van der Waals surface area contributed by atoms with E-state index in [2.05, 4.69) is 6.07 Å². The van der Waals surface area contributed by atoms with Crippen molar-refractivity contribution in [2.75, 3.05) is 0 Å². The average molecular weight is 256 g/mol. The highest BCUT2D eigenvalue weighted by atomic mass is 35.5. The Morgan fingerprint density at radius 1 is 1.24 bits per heavy atom. The minimum Gasteiger partial charge on any atom is -0.491 e. The second-order valence-corrected chi connectivity index (χ2v) is 4.92. The van der Waals surface area contributed by atoms with Gasteiger partial charge in [-0.05, 0) is 38.7 Å². The van der Waals surface area contributed by atoms with Crippen molar-refractivity contribution in [1.82, 2.24) is 0 Å². The summed E-state index contributed by atoms with van der Waals surface area (Å²) >= 11 is 0. The van der Waals surface area contributed by atoms with Gasteiger partial charge in [0, 0.05) is 11.6 Å². The van der Waals surface area contributed by atoms with E-state index in [4.69, 9.17) is 10.5 Å². The van der Waals surface area contributed by atoms with E-state index >= 15 is 0 Å². The lowest BCUT2D eigenvalue weighted by molar-refractivity contribution is 0.225. The molecule has 17 heavy (non-hydrogen) atoms. The molecule has 96 valence electrons. The molecule has 0 spiro atoms. The maximum absolute atomic E-state index is 6.30. The molecule has 0 radical (unpaired) electrons. The fourth-order valence-corrected chi connectivity index (χ4v) is 2.17. The van der Waals surface area contributed by atoms with Crippen molar-refractivity contribution in [1.29, 1.82) is 0 Å². The summed E-state index contributed by atoms with van der Waals surface area (Å²) in [6.07, 6.45) is 4.05. The van der Waals surface area contributed by atoms with Gasteiger partial charge >= 0.3 is 0 Å². The Bertz CT molecular complexity index is 350. The summed E-state index contributed by atoms with van der Waals surface area (Å²) in [4.78, 5) is 0. The van der Waals surface area contributed by atoms with Gasteiger partial charge in [-0.25, -0.2) is 0 Å². The van der Waals surface area contributed by atoms with Gasteiger partial charge in [-0.15, -0.1) is 12.4 Å². The molecule has 2 nitrogen and oxygen atoms in total. The number of rotatable bonds is 4. The molecule has 3 heteroatoms. The van der Waals surface area contributed by atoms with Crippen LogP contribution in [0.15, 0.2) is 24.3 Å². The van der Waals surface area contributed by atoms with E-state index < -0.39 is 0 Å². The van der Waals surface area contributed by atoms with Crippen LogP contribution in [0.25, 0.3) is 0 Å². The number of hydrogen-bond acceptors (Lipinski definition) is 2. The fourth-order valence-electron chi connectivity index (χ4n) is 2.17. The molecule has 0 amide bonds. The summed E-state index contributed by atoms with van der Waals surface area (Å²) in [5, 5.41) is 0. The SMILES string of the molecule is CC(C)Oc1ccccc1[C@@H](N)C1CCC1.Cl. The van der Waals surface area contributed by atoms with E-state index in [9.17, 15) is 0 Å². The summed E-state index contributed by atoms with van der Waals surface area (Å²) in [6.45, 7) is 4.09. The minimum atomic E-state index is 0. The minimum absolute atomic E-state index is 0. The maximum atomic E-state index is 6.30. The summed E-state index contributed by atoms with van der Waals surface area (Å²) in [7, 11) is 0. The molecule has 0 unspecified atom stereocenters. The highest BCUT2D eigenvalue weighted by molar-refractivity contribution is 5.85. The zero-order valence-electron chi connectivity index (χ0n) is 10.6. The largest absolute Gasteiger partial charge is 0.491 e. The van der Waals surface area contributed by atoms with Gasteiger partial charge in [0.15, 0.2) is 0 Å². The van der Waals surface area contributed by atoms with Gasteiger partial charge in [-0.3, -0.25) is 0 Å². The van der Waals surface area contributed by atoms with Crippen LogP contribution in [0.3, 0.4) is 0 Å². The Labute approximate surface area is 110 Å². The smallest absolute Gasteiger partial charge is 0.124 e. The normalized spacial score (nSPS) is 17.2. The predicted octanol–water partition coefficient (Wildman–Crippen LogP) is 3.70.